The minimum atomic E-state index is -0.0834. The van der Waals surface area contributed by atoms with Gasteiger partial charge in [-0.3, -0.25) is 4.79 Å². The predicted octanol–water partition coefficient (Wildman–Crippen LogP) is 4.08. The van der Waals surface area contributed by atoms with Crippen molar-refractivity contribution in [2.75, 3.05) is 0 Å². The first-order valence-corrected chi connectivity index (χ1v) is 7.27. The minimum absolute atomic E-state index is 0.0283. The zero-order valence-electron chi connectivity index (χ0n) is 11.0. The summed E-state index contributed by atoms with van der Waals surface area (Å²) in [5.74, 6) is 0.582. The highest BCUT2D eigenvalue weighted by atomic mass is 32.1. The molecule has 1 heterocycles. The monoisotopic (exact) mass is 272 g/mol. The van der Waals surface area contributed by atoms with Gasteiger partial charge in [0.1, 0.15) is 5.75 Å². The van der Waals surface area contributed by atoms with Crippen LogP contribution >= 0.6 is 11.3 Å². The lowest BCUT2D eigenvalue weighted by molar-refractivity contribution is 0.0956. The second kappa shape index (κ2) is 4.20. The molecular formula is C16H16O2S. The normalized spacial score (nSPS) is 24.1. The van der Waals surface area contributed by atoms with Crippen LogP contribution in [0.2, 0.25) is 0 Å². The number of benzene rings is 1. The van der Waals surface area contributed by atoms with Crippen LogP contribution in [0.3, 0.4) is 0 Å². The molecule has 0 amide bonds. The molecule has 0 radical (unpaired) electrons. The van der Waals surface area contributed by atoms with Crippen molar-refractivity contribution in [2.45, 2.75) is 19.8 Å². The van der Waals surface area contributed by atoms with Gasteiger partial charge < -0.3 is 5.11 Å². The Hall–Kier alpha value is -1.61. The van der Waals surface area contributed by atoms with Crippen molar-refractivity contribution in [1.82, 2.24) is 0 Å². The summed E-state index contributed by atoms with van der Waals surface area (Å²) in [6, 6.07) is 11.1. The topological polar surface area (TPSA) is 37.3 Å². The Kier molecular flexibility index (Phi) is 2.75. The third-order valence-electron chi connectivity index (χ3n) is 4.15. The van der Waals surface area contributed by atoms with Crippen LogP contribution < -0.4 is 0 Å². The summed E-state index contributed by atoms with van der Waals surface area (Å²) < 4.78 is 0. The molecule has 2 aromatic rings. The van der Waals surface area contributed by atoms with Gasteiger partial charge in [-0.05, 0) is 28.5 Å². The van der Waals surface area contributed by atoms with E-state index in [1.165, 1.54) is 11.3 Å². The molecule has 98 valence electrons. The number of phenolic OH excluding ortho intramolecular Hbond substituents is 1. The van der Waals surface area contributed by atoms with E-state index in [4.69, 9.17) is 0 Å². The van der Waals surface area contributed by atoms with E-state index in [1.807, 2.05) is 35.7 Å². The van der Waals surface area contributed by atoms with Gasteiger partial charge in [-0.15, -0.1) is 11.3 Å². The van der Waals surface area contributed by atoms with E-state index < -0.39 is 0 Å². The van der Waals surface area contributed by atoms with Crippen LogP contribution in [0.4, 0.5) is 0 Å². The number of carbonyl (C=O) groups is 1. The maximum Gasteiger partial charge on any atom is 0.177 e. The third kappa shape index (κ3) is 1.89. The fourth-order valence-corrected chi connectivity index (χ4v) is 3.73. The van der Waals surface area contributed by atoms with Crippen molar-refractivity contribution in [2.24, 2.45) is 11.3 Å². The van der Waals surface area contributed by atoms with Crippen molar-refractivity contribution >= 4 is 17.1 Å². The van der Waals surface area contributed by atoms with E-state index in [1.54, 1.807) is 6.07 Å². The van der Waals surface area contributed by atoms with Gasteiger partial charge >= 0.3 is 0 Å². The molecule has 1 aliphatic carbocycles. The number of thiophene rings is 1. The van der Waals surface area contributed by atoms with Crippen molar-refractivity contribution in [3.05, 3.63) is 52.2 Å². The Labute approximate surface area is 116 Å². The Morgan fingerprint density at radius 1 is 1.21 bits per heavy atom. The maximum atomic E-state index is 12.5. The average Bonchev–Trinajstić information content (AvgIpc) is 2.80. The summed E-state index contributed by atoms with van der Waals surface area (Å²) in [4.78, 5) is 13.3. The molecule has 2 nitrogen and oxygen atoms in total. The van der Waals surface area contributed by atoms with Crippen molar-refractivity contribution in [3.63, 3.8) is 0 Å². The zero-order chi connectivity index (χ0) is 13.6. The van der Waals surface area contributed by atoms with Crippen LogP contribution in [0.15, 0.2) is 41.8 Å². The van der Waals surface area contributed by atoms with Crippen molar-refractivity contribution < 1.29 is 9.90 Å². The van der Waals surface area contributed by atoms with Crippen LogP contribution in [0.5, 0.6) is 5.75 Å². The molecule has 3 heteroatoms. The largest absolute Gasteiger partial charge is 0.508 e. The van der Waals surface area contributed by atoms with E-state index in [2.05, 4.69) is 13.8 Å². The van der Waals surface area contributed by atoms with Gasteiger partial charge in [0.2, 0.25) is 0 Å². The highest BCUT2D eigenvalue weighted by Gasteiger charge is 2.62. The third-order valence-corrected chi connectivity index (χ3v) is 5.03. The van der Waals surface area contributed by atoms with E-state index in [9.17, 15) is 9.90 Å². The van der Waals surface area contributed by atoms with Crippen LogP contribution in [0, 0.1) is 11.3 Å². The number of hydrogen-bond acceptors (Lipinski definition) is 3. The average molecular weight is 272 g/mol. The summed E-state index contributed by atoms with van der Waals surface area (Å²) in [5.41, 5.74) is 0.808. The first-order valence-electron chi connectivity index (χ1n) is 6.39. The SMILES string of the molecule is CC1(C)[C@@H](C(=O)c2cccs2)[C@@H]1c1ccccc1O. The van der Waals surface area contributed by atoms with Crippen LogP contribution in [-0.4, -0.2) is 10.9 Å². The van der Waals surface area contributed by atoms with Crippen molar-refractivity contribution in [1.29, 1.82) is 0 Å². The van der Waals surface area contributed by atoms with Crippen LogP contribution in [0.1, 0.15) is 35.0 Å². The van der Waals surface area contributed by atoms with E-state index in [-0.39, 0.29) is 23.0 Å². The van der Waals surface area contributed by atoms with Gasteiger partial charge in [-0.1, -0.05) is 38.1 Å². The molecule has 0 saturated heterocycles. The second-order valence-electron chi connectivity index (χ2n) is 5.68. The molecule has 0 aliphatic heterocycles. The second-order valence-corrected chi connectivity index (χ2v) is 6.62. The lowest BCUT2D eigenvalue weighted by atomic mass is 10.0. The molecule has 1 fully saturated rings. The molecule has 1 aliphatic rings. The van der Waals surface area contributed by atoms with Gasteiger partial charge in [-0.2, -0.15) is 0 Å². The molecule has 19 heavy (non-hydrogen) atoms. The van der Waals surface area contributed by atoms with Gasteiger partial charge in [0.25, 0.3) is 0 Å². The fraction of sp³-hybridized carbons (Fsp3) is 0.312. The molecule has 1 aromatic carbocycles. The summed E-state index contributed by atoms with van der Waals surface area (Å²) in [7, 11) is 0. The number of ketones is 1. The molecule has 0 unspecified atom stereocenters. The number of aromatic hydroxyl groups is 1. The lowest BCUT2D eigenvalue weighted by Crippen LogP contribution is -2.04. The van der Waals surface area contributed by atoms with Gasteiger partial charge in [0.05, 0.1) is 4.88 Å². The molecule has 1 N–H and O–H groups in total. The Balaban J connectivity index is 1.93. The molecule has 2 atom stereocenters. The molecule has 1 saturated carbocycles. The number of rotatable bonds is 3. The van der Waals surface area contributed by atoms with Gasteiger partial charge in [0.15, 0.2) is 5.78 Å². The molecular weight excluding hydrogens is 256 g/mol. The number of carbonyl (C=O) groups excluding carboxylic acids is 1. The summed E-state index contributed by atoms with van der Waals surface area (Å²) >= 11 is 1.49. The number of phenols is 1. The molecule has 1 aromatic heterocycles. The van der Waals surface area contributed by atoms with Gasteiger partial charge in [0, 0.05) is 11.8 Å². The Morgan fingerprint density at radius 3 is 2.58 bits per heavy atom. The van der Waals surface area contributed by atoms with E-state index in [0.717, 1.165) is 10.4 Å². The molecule has 0 bridgehead atoms. The van der Waals surface area contributed by atoms with Crippen LogP contribution in [-0.2, 0) is 0 Å². The fourth-order valence-electron chi connectivity index (χ4n) is 3.03. The van der Waals surface area contributed by atoms with E-state index >= 15 is 0 Å². The highest BCUT2D eigenvalue weighted by Crippen LogP contribution is 2.66. The summed E-state index contributed by atoms with van der Waals surface area (Å²) in [6.45, 7) is 4.20. The highest BCUT2D eigenvalue weighted by molar-refractivity contribution is 7.12. The predicted molar refractivity (Wildman–Crippen MR) is 76.8 cm³/mol. The minimum Gasteiger partial charge on any atom is -0.508 e. The number of Topliss-reactive ketones (excluding diaryl/α,β-unsaturated/α-hetero) is 1. The Bertz CT molecular complexity index is 613. The lowest BCUT2D eigenvalue weighted by Gasteiger charge is -2.04. The number of hydrogen-bond donors (Lipinski definition) is 1. The van der Waals surface area contributed by atoms with Crippen molar-refractivity contribution in [3.8, 4) is 5.75 Å². The molecule has 3 rings (SSSR count). The number of para-hydroxylation sites is 1. The standard InChI is InChI=1S/C16H16O2S/c1-16(2)13(10-6-3-4-7-11(10)17)14(16)15(18)12-8-5-9-19-12/h3-9,13-14,17H,1-2H3/t13-,14+/m0/s1. The quantitative estimate of drug-likeness (QED) is 0.855. The first kappa shape index (κ1) is 12.4. The maximum absolute atomic E-state index is 12.5. The van der Waals surface area contributed by atoms with Gasteiger partial charge in [-0.25, -0.2) is 0 Å². The first-order chi connectivity index (χ1) is 9.03. The summed E-state index contributed by atoms with van der Waals surface area (Å²) in [6.07, 6.45) is 0. The smallest absolute Gasteiger partial charge is 0.177 e. The summed E-state index contributed by atoms with van der Waals surface area (Å²) in [5, 5.41) is 11.9. The van der Waals surface area contributed by atoms with Crippen LogP contribution in [0.25, 0.3) is 0 Å². The van der Waals surface area contributed by atoms with E-state index in [0.29, 0.717) is 5.75 Å². The Morgan fingerprint density at radius 2 is 1.95 bits per heavy atom. The zero-order valence-corrected chi connectivity index (χ0v) is 11.8. The molecule has 0 spiro atoms.